The third-order valence-electron chi connectivity index (χ3n) is 6.92. The van der Waals surface area contributed by atoms with Crippen LogP contribution in [0.5, 0.6) is 5.75 Å². The summed E-state index contributed by atoms with van der Waals surface area (Å²) in [5, 5.41) is 6.18. The molecule has 8 nitrogen and oxygen atoms in total. The van der Waals surface area contributed by atoms with E-state index in [1.165, 1.54) is 7.11 Å². The minimum Gasteiger partial charge on any atom is -0.543 e. The van der Waals surface area contributed by atoms with Crippen molar-refractivity contribution in [2.75, 3.05) is 12.4 Å². The lowest BCUT2D eigenvalue weighted by Gasteiger charge is -2.36. The van der Waals surface area contributed by atoms with Crippen molar-refractivity contribution in [2.24, 2.45) is 0 Å². The molecule has 0 aliphatic carbocycles. The normalized spacial score (nSPS) is 12.6. The highest BCUT2D eigenvalue weighted by atomic mass is 32.1. The highest BCUT2D eigenvalue weighted by molar-refractivity contribution is 7.22. The molecule has 2 N–H and O–H groups in total. The van der Waals surface area contributed by atoms with Crippen LogP contribution in [0.25, 0.3) is 20.7 Å². The van der Waals surface area contributed by atoms with Gasteiger partial charge in [0.05, 0.1) is 17.3 Å². The summed E-state index contributed by atoms with van der Waals surface area (Å²) in [4.78, 5) is 34.0. The first-order valence-electron chi connectivity index (χ1n) is 12.7. The van der Waals surface area contributed by atoms with Gasteiger partial charge in [0, 0.05) is 22.2 Å². The fraction of sp³-hybridized carbons (Fsp3) is 0.310. The lowest BCUT2D eigenvalue weighted by atomic mass is 10.1. The Morgan fingerprint density at radius 2 is 1.74 bits per heavy atom. The third-order valence-corrected chi connectivity index (χ3v) is 12.5. The number of esters is 1. The predicted molar refractivity (Wildman–Crippen MR) is 159 cm³/mol. The number of rotatable bonds is 8. The number of ether oxygens (including phenoxy) is 1. The van der Waals surface area contributed by atoms with Gasteiger partial charge in [0.1, 0.15) is 18.1 Å². The number of methoxy groups -OCH3 is 1. The molecular weight excluding hydrogens is 528 g/mol. The number of fused-ring (bicyclic) bond motifs is 1. The average molecular weight is 563 g/mol. The first-order valence-corrected chi connectivity index (χ1v) is 16.4. The zero-order chi connectivity index (χ0) is 28.4. The van der Waals surface area contributed by atoms with Crippen molar-refractivity contribution in [3.05, 3.63) is 66.5 Å². The Morgan fingerprint density at radius 3 is 2.41 bits per heavy atom. The van der Waals surface area contributed by atoms with Gasteiger partial charge < -0.3 is 19.8 Å². The quantitative estimate of drug-likeness (QED) is 0.180. The van der Waals surface area contributed by atoms with E-state index in [1.54, 1.807) is 36.7 Å². The highest BCUT2D eigenvalue weighted by Crippen LogP contribution is 2.39. The van der Waals surface area contributed by atoms with Gasteiger partial charge in [-0.15, -0.1) is 11.3 Å². The molecule has 204 valence electrons. The lowest BCUT2D eigenvalue weighted by molar-refractivity contribution is -0.142. The molecule has 0 aliphatic rings. The number of carbonyl (C=O) groups excluding carboxylic acids is 2. The van der Waals surface area contributed by atoms with Crippen molar-refractivity contribution in [1.82, 2.24) is 15.3 Å². The molecule has 4 rings (SSSR count). The van der Waals surface area contributed by atoms with Crippen molar-refractivity contribution >= 4 is 53.3 Å². The van der Waals surface area contributed by atoms with Crippen LogP contribution < -0.4 is 15.1 Å². The number of thiophene rings is 1. The van der Waals surface area contributed by atoms with Crippen LogP contribution in [0.4, 0.5) is 11.5 Å². The van der Waals surface area contributed by atoms with Gasteiger partial charge in [-0.2, -0.15) is 0 Å². The first kappa shape index (κ1) is 28.3. The van der Waals surface area contributed by atoms with Gasteiger partial charge >= 0.3 is 5.97 Å². The molecule has 2 aromatic heterocycles. The van der Waals surface area contributed by atoms with Crippen LogP contribution in [-0.2, 0) is 9.53 Å². The van der Waals surface area contributed by atoms with E-state index < -0.39 is 20.3 Å². The Morgan fingerprint density at radius 1 is 1.03 bits per heavy atom. The number of aromatic nitrogens is 2. The standard InChI is InChI=1S/C29H34N4O4SSi/c1-18(28(35)36-5)32-27(34)20-13-11-19(12-14-20)24-16-23-25(38-24)26(31-17-30-23)33-21-9-8-10-22(15-21)37-39(6,7)29(2,3)4/h8-18H,1-7H3,(H,32,34)(H,30,31,33). The number of anilines is 2. The Bertz CT molecular complexity index is 1500. The number of hydrogen-bond acceptors (Lipinski definition) is 8. The van der Waals surface area contributed by atoms with E-state index in [2.05, 4.69) is 59.2 Å². The number of hydrogen-bond donors (Lipinski definition) is 2. The van der Waals surface area contributed by atoms with E-state index in [1.807, 2.05) is 42.5 Å². The summed E-state index contributed by atoms with van der Waals surface area (Å²) < 4.78 is 12.1. The number of carbonyl (C=O) groups is 2. The highest BCUT2D eigenvalue weighted by Gasteiger charge is 2.39. The Balaban J connectivity index is 1.54. The summed E-state index contributed by atoms with van der Waals surface area (Å²) in [6, 6.07) is 16.5. The second-order valence-corrected chi connectivity index (χ2v) is 16.6. The van der Waals surface area contributed by atoms with Crippen LogP contribution in [0, 0.1) is 0 Å². The van der Waals surface area contributed by atoms with E-state index >= 15 is 0 Å². The fourth-order valence-corrected chi connectivity index (χ4v) is 5.69. The minimum absolute atomic E-state index is 0.103. The summed E-state index contributed by atoms with van der Waals surface area (Å²) in [5.74, 6) is 0.723. The molecule has 0 fully saturated rings. The second kappa shape index (κ2) is 11.2. The van der Waals surface area contributed by atoms with Crippen molar-refractivity contribution in [1.29, 1.82) is 0 Å². The Labute approximate surface area is 233 Å². The summed E-state index contributed by atoms with van der Waals surface area (Å²) in [7, 11) is -0.672. The first-order chi connectivity index (χ1) is 18.4. The summed E-state index contributed by atoms with van der Waals surface area (Å²) >= 11 is 1.57. The van der Waals surface area contributed by atoms with E-state index in [4.69, 9.17) is 4.43 Å². The Kier molecular flexibility index (Phi) is 8.08. The SMILES string of the molecule is COC(=O)C(C)NC(=O)c1ccc(-c2cc3ncnc(Nc4cccc(O[Si](C)(C)C(C)(C)C)c4)c3s2)cc1. The molecule has 39 heavy (non-hydrogen) atoms. The molecule has 2 heterocycles. The number of nitrogens with one attached hydrogen (secondary N) is 2. The maximum absolute atomic E-state index is 12.5. The van der Waals surface area contributed by atoms with Gasteiger partial charge in [0.15, 0.2) is 5.82 Å². The topological polar surface area (TPSA) is 102 Å². The molecule has 0 spiro atoms. The van der Waals surface area contributed by atoms with Gasteiger partial charge in [-0.05, 0) is 61.0 Å². The molecule has 4 aromatic rings. The molecule has 1 atom stereocenters. The van der Waals surface area contributed by atoms with Crippen LogP contribution in [0.2, 0.25) is 18.1 Å². The predicted octanol–water partition coefficient (Wildman–Crippen LogP) is 6.78. The number of benzene rings is 2. The molecule has 0 saturated carbocycles. The Hall–Kier alpha value is -3.76. The smallest absolute Gasteiger partial charge is 0.328 e. The van der Waals surface area contributed by atoms with Crippen LogP contribution in [0.15, 0.2) is 60.9 Å². The van der Waals surface area contributed by atoms with Crippen LogP contribution in [-0.4, -0.2) is 43.3 Å². The summed E-state index contributed by atoms with van der Waals surface area (Å²) in [5.41, 5.74) is 3.12. The van der Waals surface area contributed by atoms with Crippen molar-refractivity contribution in [3.63, 3.8) is 0 Å². The summed E-state index contributed by atoms with van der Waals surface area (Å²) in [6.45, 7) is 12.7. The van der Waals surface area contributed by atoms with E-state index in [0.717, 1.165) is 32.1 Å². The van der Waals surface area contributed by atoms with Gasteiger partial charge in [-0.1, -0.05) is 39.0 Å². The molecule has 10 heteroatoms. The van der Waals surface area contributed by atoms with Crippen molar-refractivity contribution in [3.8, 4) is 16.2 Å². The molecule has 1 amide bonds. The number of nitrogens with zero attached hydrogens (tertiary/aromatic N) is 2. The summed E-state index contributed by atoms with van der Waals surface area (Å²) in [6.07, 6.45) is 1.55. The fourth-order valence-electron chi connectivity index (χ4n) is 3.61. The largest absolute Gasteiger partial charge is 0.543 e. The molecule has 2 aromatic carbocycles. The van der Waals surface area contributed by atoms with Crippen molar-refractivity contribution < 1.29 is 18.8 Å². The molecular formula is C29H34N4O4SSi. The average Bonchev–Trinajstić information content (AvgIpc) is 3.33. The van der Waals surface area contributed by atoms with Gasteiger partial charge in [0.2, 0.25) is 8.32 Å². The zero-order valence-corrected chi connectivity index (χ0v) is 25.1. The van der Waals surface area contributed by atoms with Gasteiger partial charge in [0.25, 0.3) is 5.91 Å². The molecule has 0 aliphatic heterocycles. The van der Waals surface area contributed by atoms with E-state index in [9.17, 15) is 9.59 Å². The number of amides is 1. The molecule has 1 unspecified atom stereocenters. The minimum atomic E-state index is -1.96. The maximum atomic E-state index is 12.5. The van der Waals surface area contributed by atoms with Gasteiger partial charge in [-0.3, -0.25) is 4.79 Å². The van der Waals surface area contributed by atoms with Crippen molar-refractivity contribution in [2.45, 2.75) is 51.9 Å². The second-order valence-electron chi connectivity index (χ2n) is 10.9. The monoisotopic (exact) mass is 562 g/mol. The third kappa shape index (κ3) is 6.46. The van der Waals surface area contributed by atoms with Gasteiger partial charge in [-0.25, -0.2) is 14.8 Å². The zero-order valence-electron chi connectivity index (χ0n) is 23.3. The van der Waals surface area contributed by atoms with E-state index in [-0.39, 0.29) is 10.9 Å². The van der Waals surface area contributed by atoms with Crippen LogP contribution in [0.3, 0.4) is 0 Å². The maximum Gasteiger partial charge on any atom is 0.328 e. The van der Waals surface area contributed by atoms with Crippen LogP contribution >= 0.6 is 11.3 Å². The molecule has 0 radical (unpaired) electrons. The van der Waals surface area contributed by atoms with Crippen LogP contribution in [0.1, 0.15) is 38.1 Å². The lowest BCUT2D eigenvalue weighted by Crippen LogP contribution is -2.43. The molecule has 0 bridgehead atoms. The van der Waals surface area contributed by atoms with E-state index in [0.29, 0.717) is 11.4 Å². The molecule has 0 saturated heterocycles.